The first kappa shape index (κ1) is 54.4. The second-order valence-corrected chi connectivity index (χ2v) is 103. The molecule has 1 rings (SSSR count). The van der Waals surface area contributed by atoms with Crippen LogP contribution in [-0.4, -0.2) is 100 Å². The maximum Gasteiger partial charge on any atom is 0.183 e. The van der Waals surface area contributed by atoms with Crippen LogP contribution in [0.1, 0.15) is 55.4 Å². The predicted octanol–water partition coefficient (Wildman–Crippen LogP) is 15.5. The smallest absolute Gasteiger partial charge is 0.183 e. The predicted molar refractivity (Wildman–Crippen MR) is 288 cm³/mol. The van der Waals surface area contributed by atoms with Crippen molar-refractivity contribution in [3.8, 4) is 0 Å². The molecular formula is C41H104OSi12. The van der Waals surface area contributed by atoms with Gasteiger partial charge in [-0.05, 0) is 17.4 Å². The van der Waals surface area contributed by atoms with Crippen LogP contribution in [0, 0.1) is 11.8 Å². The summed E-state index contributed by atoms with van der Waals surface area (Å²) in [5, 5.41) is 0.116. The highest BCUT2D eigenvalue weighted by Crippen LogP contribution is 2.64. The first-order valence-corrected chi connectivity index (χ1v) is 61.6. The molecule has 0 unspecified atom stereocenters. The van der Waals surface area contributed by atoms with E-state index in [1.54, 1.807) is 0 Å². The Morgan fingerprint density at radius 1 is 0.315 bits per heavy atom. The Bertz CT molecular complexity index is 1180. The molecule has 0 saturated heterocycles. The van der Waals surface area contributed by atoms with Crippen LogP contribution in [0.15, 0.2) is 0 Å². The van der Waals surface area contributed by atoms with Crippen LogP contribution in [0.3, 0.4) is 0 Å². The van der Waals surface area contributed by atoms with E-state index in [1.165, 1.54) is 0 Å². The van der Waals surface area contributed by atoms with Crippen molar-refractivity contribution in [3.05, 3.63) is 0 Å². The van der Waals surface area contributed by atoms with Gasteiger partial charge in [-0.3, -0.25) is 0 Å². The fraction of sp³-hybridized carbons (Fsp3) is 1.00. The Balaban J connectivity index is 5.73. The van der Waals surface area contributed by atoms with Gasteiger partial charge in [-0.2, -0.15) is 0 Å². The van der Waals surface area contributed by atoms with Crippen molar-refractivity contribution in [2.75, 3.05) is 0 Å². The highest BCUT2D eigenvalue weighted by Gasteiger charge is 2.77. The Labute approximate surface area is 356 Å². The quantitative estimate of drug-likeness (QED) is 0.124. The van der Waals surface area contributed by atoms with E-state index in [2.05, 4.69) is 213 Å². The minimum Gasteiger partial charge on any atom is -0.553 e. The Hall–Kier alpha value is 2.40. The zero-order valence-electron chi connectivity index (χ0n) is 43.5. The normalized spacial score (nSPS) is 18.1. The highest BCUT2D eigenvalue weighted by molar-refractivity contribution is 7.65. The number of hydrogen-bond acceptors (Lipinski definition) is 1. The highest BCUT2D eigenvalue weighted by atomic mass is 29.6. The summed E-state index contributed by atoms with van der Waals surface area (Å²) in [5.41, 5.74) is 1.65. The van der Waals surface area contributed by atoms with E-state index < -0.39 is 94.8 Å². The Morgan fingerprint density at radius 3 is 0.648 bits per heavy atom. The summed E-state index contributed by atoms with van der Waals surface area (Å²) in [6.45, 7) is 91.6. The molecule has 0 aromatic rings. The molecule has 1 aliphatic rings. The summed E-state index contributed by atoms with van der Waals surface area (Å²) in [5.74, 6) is 1.21. The molecule has 0 aromatic heterocycles. The molecule has 54 heavy (non-hydrogen) atoms. The lowest BCUT2D eigenvalue weighted by Gasteiger charge is -2.72. The molecular weight excluding hydrogens is 845 g/mol. The van der Waals surface area contributed by atoms with Crippen molar-refractivity contribution < 1.29 is 4.43 Å². The average molecular weight is 950 g/mol. The van der Waals surface area contributed by atoms with Crippen LogP contribution in [0.5, 0.6) is 0 Å². The summed E-state index contributed by atoms with van der Waals surface area (Å²) in [4.78, 5) is 4.12. The van der Waals surface area contributed by atoms with Gasteiger partial charge in [0.2, 0.25) is 0 Å². The monoisotopic (exact) mass is 949 g/mol. The lowest BCUT2D eigenvalue weighted by molar-refractivity contribution is 0.0467. The van der Waals surface area contributed by atoms with E-state index >= 15 is 0 Å². The van der Waals surface area contributed by atoms with Crippen molar-refractivity contribution in [1.29, 1.82) is 0 Å². The van der Waals surface area contributed by atoms with E-state index in [4.69, 9.17) is 4.43 Å². The van der Waals surface area contributed by atoms with Gasteiger partial charge in [-0.15, -0.1) is 0 Å². The minimum atomic E-state index is -2.15. The molecule has 0 bridgehead atoms. The molecule has 0 saturated carbocycles. The van der Waals surface area contributed by atoms with Crippen LogP contribution in [0.4, 0.5) is 0 Å². The fourth-order valence-electron chi connectivity index (χ4n) is 16.4. The maximum atomic E-state index is 8.83. The summed E-state index contributed by atoms with van der Waals surface area (Å²) in [6, 6.07) is 0. The van der Waals surface area contributed by atoms with Crippen LogP contribution in [0.2, 0.25) is 187 Å². The third kappa shape index (κ3) is 9.87. The largest absolute Gasteiger partial charge is 0.553 e. The average Bonchev–Trinajstić information content (AvgIpc) is 2.74. The molecule has 0 amide bonds. The summed E-state index contributed by atoms with van der Waals surface area (Å²) in [7, 11) is -19.3. The number of rotatable bonds is 18. The van der Waals surface area contributed by atoms with Gasteiger partial charge in [0, 0.05) is 64.6 Å². The van der Waals surface area contributed by atoms with Gasteiger partial charge >= 0.3 is 0 Å². The Morgan fingerprint density at radius 2 is 0.500 bits per heavy atom. The van der Waals surface area contributed by atoms with Gasteiger partial charge in [0.15, 0.2) is 7.65 Å². The second-order valence-electron chi connectivity index (χ2n) is 28.7. The molecule has 0 N–H and O–H groups in total. The van der Waals surface area contributed by atoms with E-state index in [-0.39, 0.29) is 5.22 Å². The molecule has 0 aliphatic carbocycles. The van der Waals surface area contributed by atoms with E-state index in [1.807, 2.05) is 0 Å². The first-order valence-electron chi connectivity index (χ1n) is 22.6. The molecule has 0 atom stereocenters. The third-order valence-electron chi connectivity index (χ3n) is 14.2. The van der Waals surface area contributed by atoms with Crippen molar-refractivity contribution in [2.24, 2.45) is 11.8 Å². The first-order chi connectivity index (χ1) is 23.2. The fourth-order valence-corrected chi connectivity index (χ4v) is 231. The zero-order chi connectivity index (χ0) is 44.0. The van der Waals surface area contributed by atoms with E-state index in [0.29, 0.717) is 11.8 Å². The van der Waals surface area contributed by atoms with Gasteiger partial charge in [0.1, 0.15) is 7.59 Å². The van der Waals surface area contributed by atoms with Crippen LogP contribution < -0.4 is 0 Å². The molecule has 13 heteroatoms. The minimum absolute atomic E-state index is 0.116. The van der Waals surface area contributed by atoms with Gasteiger partial charge in [0.25, 0.3) is 0 Å². The van der Waals surface area contributed by atoms with Crippen molar-refractivity contribution in [2.45, 2.75) is 248 Å². The molecule has 0 fully saturated rings. The van der Waals surface area contributed by atoms with Gasteiger partial charge in [-0.25, -0.2) is 0 Å². The van der Waals surface area contributed by atoms with E-state index in [9.17, 15) is 0 Å². The van der Waals surface area contributed by atoms with Crippen molar-refractivity contribution in [3.63, 3.8) is 0 Å². The second kappa shape index (κ2) is 16.6. The van der Waals surface area contributed by atoms with Gasteiger partial charge in [-0.1, -0.05) is 237 Å². The molecule has 1 nitrogen and oxygen atoms in total. The van der Waals surface area contributed by atoms with Crippen LogP contribution in [0.25, 0.3) is 0 Å². The van der Waals surface area contributed by atoms with Crippen molar-refractivity contribution in [1.82, 2.24) is 0 Å². The topological polar surface area (TPSA) is 9.23 Å². The SMILES string of the molecule is CC(C)C1(C(C)C)O[Si]([Si](C(C)C)(C([Si](C)(C)C)[Si](C)(C)C)C([Si](C)(C)C)[Si](C)(C)C)=[Si]1[Si](C(C)C)(C([Si](C)(C)C)[Si](C)(C)C)C([Si](C)(C)C)[Si](C)(C)C. The van der Waals surface area contributed by atoms with Crippen molar-refractivity contribution >= 4 is 94.8 Å². The standard InChI is InChI=1S/C41H104OSi12/c1-33(2)41(34(3)4)42-44(54(36(7)8,39(49(21,22)23)50(24,25)26)40(51(27,28)29)52(30,31)32)43(41)53(35(5)6,37(45(9,10)11)46(12,13)14)38(47(15,16)17)48(18,19)20/h33-40H,1-32H3. The van der Waals surface area contributed by atoms with E-state index in [0.717, 1.165) is 30.2 Å². The maximum absolute atomic E-state index is 8.83. The molecule has 0 aromatic carbocycles. The lowest BCUT2D eigenvalue weighted by Crippen LogP contribution is -2.89. The van der Waals surface area contributed by atoms with Crippen LogP contribution >= 0.6 is 0 Å². The zero-order valence-corrected chi connectivity index (χ0v) is 55.5. The molecule has 1 aliphatic heterocycles. The van der Waals surface area contributed by atoms with Gasteiger partial charge < -0.3 is 4.43 Å². The molecule has 322 valence electrons. The third-order valence-corrected chi connectivity index (χ3v) is 131. The number of hydrogen-bond donors (Lipinski definition) is 0. The van der Waals surface area contributed by atoms with Crippen LogP contribution in [-0.2, 0) is 4.43 Å². The Kier molecular flexibility index (Phi) is 16.7. The molecule has 0 spiro atoms. The molecule has 1 heterocycles. The van der Waals surface area contributed by atoms with Gasteiger partial charge in [0.05, 0.1) is 20.2 Å². The summed E-state index contributed by atoms with van der Waals surface area (Å²) < 4.78 is 8.83. The lowest BCUT2D eigenvalue weighted by atomic mass is 9.95. The summed E-state index contributed by atoms with van der Waals surface area (Å²) >= 11 is 0. The summed E-state index contributed by atoms with van der Waals surface area (Å²) in [6.07, 6.45) is 0. The molecule has 0 radical (unpaired) electrons.